The van der Waals surface area contributed by atoms with Gasteiger partial charge in [-0.3, -0.25) is 4.79 Å². The summed E-state index contributed by atoms with van der Waals surface area (Å²) in [7, 11) is 1.53. The van der Waals surface area contributed by atoms with Gasteiger partial charge in [-0.2, -0.15) is 5.10 Å². The molecule has 0 radical (unpaired) electrons. The van der Waals surface area contributed by atoms with E-state index in [9.17, 15) is 9.59 Å². The molecule has 0 aliphatic carbocycles. The molecule has 1 heterocycles. The Morgan fingerprint density at radius 3 is 2.68 bits per heavy atom. The van der Waals surface area contributed by atoms with Crippen LogP contribution in [0.25, 0.3) is 0 Å². The average molecular weight is 310 g/mol. The Bertz CT molecular complexity index is 505. The van der Waals surface area contributed by atoms with Crippen LogP contribution in [0.3, 0.4) is 0 Å². The van der Waals surface area contributed by atoms with Gasteiger partial charge in [-0.05, 0) is 27.2 Å². The standard InChI is InChI=1S/C15H26N4O3/c1-6-7-10-19-12(8-9-16-19)17-13(20)11-18(5)14(21)22-15(2,3)4/h8-9H,6-7,10-11H2,1-5H3,(H,17,20). The monoisotopic (exact) mass is 310 g/mol. The minimum Gasteiger partial charge on any atom is -0.444 e. The van der Waals surface area contributed by atoms with Crippen molar-refractivity contribution in [3.63, 3.8) is 0 Å². The molecule has 0 saturated carbocycles. The van der Waals surface area contributed by atoms with Gasteiger partial charge in [0, 0.05) is 19.7 Å². The van der Waals surface area contributed by atoms with Gasteiger partial charge in [0.05, 0.1) is 6.20 Å². The number of carbonyl (C=O) groups excluding carboxylic acids is 2. The summed E-state index contributed by atoms with van der Waals surface area (Å²) in [6.45, 7) is 8.12. The van der Waals surface area contributed by atoms with Crippen molar-refractivity contribution in [3.8, 4) is 0 Å². The highest BCUT2D eigenvalue weighted by molar-refractivity contribution is 5.93. The number of rotatable bonds is 6. The van der Waals surface area contributed by atoms with Gasteiger partial charge >= 0.3 is 6.09 Å². The number of hydrogen-bond acceptors (Lipinski definition) is 4. The number of nitrogens with one attached hydrogen (secondary N) is 1. The topological polar surface area (TPSA) is 76.5 Å². The average Bonchev–Trinajstić information content (AvgIpc) is 2.81. The van der Waals surface area contributed by atoms with Crippen LogP contribution in [0.1, 0.15) is 40.5 Å². The summed E-state index contributed by atoms with van der Waals surface area (Å²) in [6, 6.07) is 1.74. The Labute approximate surface area is 131 Å². The normalized spacial score (nSPS) is 11.1. The summed E-state index contributed by atoms with van der Waals surface area (Å²) < 4.78 is 6.95. The molecule has 124 valence electrons. The van der Waals surface area contributed by atoms with Crippen molar-refractivity contribution in [1.29, 1.82) is 0 Å². The summed E-state index contributed by atoms with van der Waals surface area (Å²) in [5, 5.41) is 6.93. The maximum atomic E-state index is 12.0. The molecule has 0 unspecified atom stereocenters. The fraction of sp³-hybridized carbons (Fsp3) is 0.667. The van der Waals surface area contributed by atoms with Crippen LogP contribution in [0.4, 0.5) is 10.6 Å². The van der Waals surface area contributed by atoms with Crippen LogP contribution in [0, 0.1) is 0 Å². The van der Waals surface area contributed by atoms with Gasteiger partial charge in [-0.25, -0.2) is 9.48 Å². The van der Waals surface area contributed by atoms with Gasteiger partial charge in [-0.1, -0.05) is 13.3 Å². The molecule has 1 aromatic rings. The summed E-state index contributed by atoms with van der Waals surface area (Å²) in [4.78, 5) is 25.1. The van der Waals surface area contributed by atoms with Crippen LogP contribution in [-0.2, 0) is 16.1 Å². The highest BCUT2D eigenvalue weighted by Gasteiger charge is 2.21. The Hall–Kier alpha value is -2.05. The molecule has 7 nitrogen and oxygen atoms in total. The number of carbonyl (C=O) groups is 2. The molecule has 1 aromatic heterocycles. The summed E-state index contributed by atoms with van der Waals surface area (Å²) in [5.41, 5.74) is -0.583. The van der Waals surface area contributed by atoms with Crippen LogP contribution in [0.2, 0.25) is 0 Å². The molecular weight excluding hydrogens is 284 g/mol. The van der Waals surface area contributed by atoms with E-state index in [1.165, 1.54) is 11.9 Å². The number of anilines is 1. The second-order valence-corrected chi connectivity index (χ2v) is 6.18. The Morgan fingerprint density at radius 2 is 2.09 bits per heavy atom. The van der Waals surface area contributed by atoms with Gasteiger partial charge in [0.15, 0.2) is 0 Å². The van der Waals surface area contributed by atoms with Gasteiger partial charge < -0.3 is 15.0 Å². The lowest BCUT2D eigenvalue weighted by atomic mass is 10.2. The molecular formula is C15H26N4O3. The van der Waals surface area contributed by atoms with Gasteiger partial charge in [0.25, 0.3) is 0 Å². The number of unbranched alkanes of at least 4 members (excludes halogenated alkanes) is 1. The molecule has 7 heteroatoms. The maximum absolute atomic E-state index is 12.0. The van der Waals surface area contributed by atoms with E-state index >= 15 is 0 Å². The van der Waals surface area contributed by atoms with Crippen molar-refractivity contribution in [2.24, 2.45) is 0 Å². The van der Waals surface area contributed by atoms with Crippen molar-refractivity contribution >= 4 is 17.8 Å². The number of nitrogens with zero attached hydrogens (tertiary/aromatic N) is 3. The maximum Gasteiger partial charge on any atom is 0.410 e. The van der Waals surface area contributed by atoms with Crippen molar-refractivity contribution in [1.82, 2.24) is 14.7 Å². The lowest BCUT2D eigenvalue weighted by Gasteiger charge is -2.24. The number of amides is 2. The van der Waals surface area contributed by atoms with Crippen molar-refractivity contribution in [2.45, 2.75) is 52.7 Å². The first-order chi connectivity index (χ1) is 10.2. The smallest absolute Gasteiger partial charge is 0.410 e. The number of aromatic nitrogens is 2. The number of aryl methyl sites for hydroxylation is 1. The molecule has 22 heavy (non-hydrogen) atoms. The molecule has 2 amide bonds. The molecule has 0 aliphatic heterocycles. The molecule has 0 atom stereocenters. The molecule has 0 aromatic carbocycles. The highest BCUT2D eigenvalue weighted by Crippen LogP contribution is 2.10. The first-order valence-electron chi connectivity index (χ1n) is 7.48. The Kier molecular flexibility index (Phi) is 6.39. The van der Waals surface area contributed by atoms with E-state index < -0.39 is 11.7 Å². The fourth-order valence-electron chi connectivity index (χ4n) is 1.73. The summed E-state index contributed by atoms with van der Waals surface area (Å²) >= 11 is 0. The van der Waals surface area contributed by atoms with E-state index in [4.69, 9.17) is 4.74 Å². The first kappa shape index (κ1) is 18.0. The molecule has 1 N–H and O–H groups in total. The SMILES string of the molecule is CCCCn1nccc1NC(=O)CN(C)C(=O)OC(C)(C)C. The molecule has 1 rings (SSSR count). The number of hydrogen-bond donors (Lipinski definition) is 1. The van der Waals surface area contributed by atoms with Crippen LogP contribution in [0.5, 0.6) is 0 Å². The highest BCUT2D eigenvalue weighted by atomic mass is 16.6. The van der Waals surface area contributed by atoms with Gasteiger partial charge in [-0.15, -0.1) is 0 Å². The second kappa shape index (κ2) is 7.82. The largest absolute Gasteiger partial charge is 0.444 e. The van der Waals surface area contributed by atoms with Crippen LogP contribution in [-0.4, -0.2) is 45.9 Å². The third kappa shape index (κ3) is 6.15. The zero-order valence-corrected chi connectivity index (χ0v) is 14.0. The Balaban J connectivity index is 2.52. The van der Waals surface area contributed by atoms with E-state index in [2.05, 4.69) is 17.3 Å². The predicted molar refractivity (Wildman–Crippen MR) is 84.6 cm³/mol. The minimum absolute atomic E-state index is 0.0755. The van der Waals surface area contributed by atoms with E-state index in [0.717, 1.165) is 19.4 Å². The predicted octanol–water partition coefficient (Wildman–Crippen LogP) is 2.49. The van der Waals surface area contributed by atoms with Gasteiger partial charge in [0.2, 0.25) is 5.91 Å². The van der Waals surface area contributed by atoms with Crippen molar-refractivity contribution < 1.29 is 14.3 Å². The zero-order chi connectivity index (χ0) is 16.8. The first-order valence-corrected chi connectivity index (χ1v) is 7.48. The van der Waals surface area contributed by atoms with Gasteiger partial charge in [0.1, 0.15) is 18.0 Å². The third-order valence-corrected chi connectivity index (χ3v) is 2.79. The molecule has 0 spiro atoms. The lowest BCUT2D eigenvalue weighted by molar-refractivity contribution is -0.117. The van der Waals surface area contributed by atoms with Crippen LogP contribution in [0.15, 0.2) is 12.3 Å². The molecule has 0 bridgehead atoms. The zero-order valence-electron chi connectivity index (χ0n) is 14.0. The molecule has 0 fully saturated rings. The lowest BCUT2D eigenvalue weighted by Crippen LogP contribution is -2.39. The van der Waals surface area contributed by atoms with E-state index in [-0.39, 0.29) is 12.5 Å². The quantitative estimate of drug-likeness (QED) is 0.875. The fourth-order valence-corrected chi connectivity index (χ4v) is 1.73. The van der Waals surface area contributed by atoms with E-state index in [1.807, 2.05) is 0 Å². The third-order valence-electron chi connectivity index (χ3n) is 2.79. The summed E-state index contributed by atoms with van der Waals surface area (Å²) in [6.07, 6.45) is 3.15. The second-order valence-electron chi connectivity index (χ2n) is 6.18. The van der Waals surface area contributed by atoms with Crippen LogP contribution < -0.4 is 5.32 Å². The number of ether oxygens (including phenoxy) is 1. The Morgan fingerprint density at radius 1 is 1.41 bits per heavy atom. The minimum atomic E-state index is -0.583. The van der Waals surface area contributed by atoms with Crippen molar-refractivity contribution in [2.75, 3.05) is 18.9 Å². The van der Waals surface area contributed by atoms with E-state index in [0.29, 0.717) is 5.82 Å². The number of likely N-dealkylation sites (N-methyl/N-ethyl adjacent to an activating group) is 1. The molecule has 0 aliphatic rings. The summed E-state index contributed by atoms with van der Waals surface area (Å²) in [5.74, 6) is 0.350. The van der Waals surface area contributed by atoms with Crippen molar-refractivity contribution in [3.05, 3.63) is 12.3 Å². The van der Waals surface area contributed by atoms with Crippen LogP contribution >= 0.6 is 0 Å². The van der Waals surface area contributed by atoms with E-state index in [1.54, 1.807) is 37.7 Å². The molecule has 0 saturated heterocycles.